The largest absolute Gasteiger partial charge is 0.481 e. The first-order valence-corrected chi connectivity index (χ1v) is 4.80. The van der Waals surface area contributed by atoms with Gasteiger partial charge in [0.15, 0.2) is 0 Å². The molecule has 0 heterocycles. The molecule has 0 fully saturated rings. The number of carboxylic acid groups (broad SMARTS) is 1. The zero-order valence-electron chi connectivity index (χ0n) is 8.68. The van der Waals surface area contributed by atoms with Crippen molar-refractivity contribution in [2.45, 2.75) is 12.8 Å². The van der Waals surface area contributed by atoms with E-state index in [1.54, 1.807) is 24.3 Å². The van der Waals surface area contributed by atoms with Gasteiger partial charge < -0.3 is 15.6 Å². The lowest BCUT2D eigenvalue weighted by Gasteiger charge is -2.03. The number of carbonyl (C=O) groups is 2. The maximum Gasteiger partial charge on any atom is 0.310 e. The average Bonchev–Trinajstić information content (AvgIpc) is 2.21. The summed E-state index contributed by atoms with van der Waals surface area (Å²) in [5, 5.41) is 8.34. The summed E-state index contributed by atoms with van der Waals surface area (Å²) in [6.45, 7) is -0.0941. The number of nitrogen functional groups attached to an aromatic ring is 1. The van der Waals surface area contributed by atoms with Gasteiger partial charge in [-0.3, -0.25) is 9.59 Å². The van der Waals surface area contributed by atoms with Gasteiger partial charge in [-0.2, -0.15) is 0 Å². The monoisotopic (exact) mass is 223 g/mol. The van der Waals surface area contributed by atoms with Crippen LogP contribution in [0.1, 0.15) is 12.0 Å². The quantitative estimate of drug-likeness (QED) is 0.570. The van der Waals surface area contributed by atoms with E-state index in [-0.39, 0.29) is 19.4 Å². The summed E-state index contributed by atoms with van der Waals surface area (Å²) in [7, 11) is 0. The lowest BCUT2D eigenvalue weighted by atomic mass is 10.1. The van der Waals surface area contributed by atoms with E-state index in [0.29, 0.717) is 5.69 Å². The van der Waals surface area contributed by atoms with E-state index in [0.717, 1.165) is 5.56 Å². The van der Waals surface area contributed by atoms with Gasteiger partial charge in [-0.15, -0.1) is 0 Å². The molecule has 0 bridgehead atoms. The molecule has 86 valence electrons. The van der Waals surface area contributed by atoms with Gasteiger partial charge in [0.2, 0.25) is 0 Å². The lowest BCUT2D eigenvalue weighted by Crippen LogP contribution is -2.11. The summed E-state index contributed by atoms with van der Waals surface area (Å²) in [5.41, 5.74) is 6.90. The summed E-state index contributed by atoms with van der Waals surface area (Å²) in [6, 6.07) is 6.85. The Morgan fingerprint density at radius 2 is 1.88 bits per heavy atom. The molecular weight excluding hydrogens is 210 g/mol. The number of nitrogens with two attached hydrogens (primary N) is 1. The summed E-state index contributed by atoms with van der Waals surface area (Å²) in [4.78, 5) is 21.4. The Bertz CT molecular complexity index is 372. The predicted molar refractivity (Wildman–Crippen MR) is 57.8 cm³/mol. The Kier molecular flexibility index (Phi) is 4.32. The van der Waals surface area contributed by atoms with Gasteiger partial charge in [-0.05, 0) is 17.7 Å². The van der Waals surface area contributed by atoms with Crippen LogP contribution in [-0.2, 0) is 20.7 Å². The van der Waals surface area contributed by atoms with Crippen molar-refractivity contribution >= 4 is 17.6 Å². The molecule has 0 atom stereocenters. The zero-order valence-corrected chi connectivity index (χ0v) is 8.68. The minimum atomic E-state index is -0.986. The Labute approximate surface area is 92.8 Å². The molecule has 5 heteroatoms. The Morgan fingerprint density at radius 3 is 2.44 bits per heavy atom. The van der Waals surface area contributed by atoms with Crippen LogP contribution in [0.25, 0.3) is 0 Å². The van der Waals surface area contributed by atoms with E-state index < -0.39 is 11.9 Å². The minimum absolute atomic E-state index is 0.0941. The van der Waals surface area contributed by atoms with Crippen molar-refractivity contribution in [3.63, 3.8) is 0 Å². The molecule has 0 radical (unpaired) electrons. The van der Waals surface area contributed by atoms with Crippen LogP contribution in [0.2, 0.25) is 0 Å². The fraction of sp³-hybridized carbons (Fsp3) is 0.273. The number of aliphatic carboxylic acids is 1. The van der Waals surface area contributed by atoms with E-state index in [1.165, 1.54) is 0 Å². The van der Waals surface area contributed by atoms with Gasteiger partial charge in [-0.25, -0.2) is 0 Å². The molecule has 0 aromatic heterocycles. The molecule has 0 spiro atoms. The van der Waals surface area contributed by atoms with Gasteiger partial charge in [0.05, 0.1) is 12.8 Å². The molecule has 1 aromatic rings. The van der Waals surface area contributed by atoms with Gasteiger partial charge in [0.1, 0.15) is 6.61 Å². The third-order valence-corrected chi connectivity index (χ3v) is 1.91. The van der Waals surface area contributed by atoms with Crippen molar-refractivity contribution in [1.29, 1.82) is 0 Å². The van der Waals surface area contributed by atoms with Gasteiger partial charge in [-0.1, -0.05) is 12.1 Å². The number of ether oxygens (including phenoxy) is 1. The first-order chi connectivity index (χ1) is 7.58. The molecule has 16 heavy (non-hydrogen) atoms. The molecule has 0 saturated heterocycles. The standard InChI is InChI=1S/C11H13NO4/c12-9-3-1-8(2-4-9)7-11(15)16-6-5-10(13)14/h1-4H,5-7,12H2,(H,13,14). The molecular formula is C11H13NO4. The van der Waals surface area contributed by atoms with E-state index in [2.05, 4.69) is 0 Å². The molecule has 0 saturated carbocycles. The molecule has 0 unspecified atom stereocenters. The molecule has 1 rings (SSSR count). The topological polar surface area (TPSA) is 89.6 Å². The normalized spacial score (nSPS) is 9.75. The lowest BCUT2D eigenvalue weighted by molar-refractivity contribution is -0.145. The average molecular weight is 223 g/mol. The third kappa shape index (κ3) is 4.45. The van der Waals surface area contributed by atoms with Gasteiger partial charge >= 0.3 is 11.9 Å². The van der Waals surface area contributed by atoms with Gasteiger partial charge in [0, 0.05) is 5.69 Å². The first kappa shape index (κ1) is 12.0. The maximum atomic E-state index is 11.2. The molecule has 0 aliphatic rings. The number of esters is 1. The van der Waals surface area contributed by atoms with Crippen LogP contribution in [0.15, 0.2) is 24.3 Å². The third-order valence-electron chi connectivity index (χ3n) is 1.91. The van der Waals surface area contributed by atoms with Crippen LogP contribution in [0.3, 0.4) is 0 Å². The summed E-state index contributed by atoms with van der Waals surface area (Å²) >= 11 is 0. The molecule has 1 aromatic carbocycles. The maximum absolute atomic E-state index is 11.2. The highest BCUT2D eigenvalue weighted by molar-refractivity contribution is 5.73. The van der Waals surface area contributed by atoms with Crippen LogP contribution in [0.5, 0.6) is 0 Å². The number of anilines is 1. The van der Waals surface area contributed by atoms with Gasteiger partial charge in [0.25, 0.3) is 0 Å². The first-order valence-electron chi connectivity index (χ1n) is 4.80. The Hall–Kier alpha value is -2.04. The minimum Gasteiger partial charge on any atom is -0.481 e. The summed E-state index contributed by atoms with van der Waals surface area (Å²) in [6.07, 6.45) is -0.0482. The SMILES string of the molecule is Nc1ccc(CC(=O)OCCC(=O)O)cc1. The second-order valence-electron chi connectivity index (χ2n) is 3.28. The molecule has 0 aliphatic heterocycles. The van der Waals surface area contributed by atoms with E-state index >= 15 is 0 Å². The second kappa shape index (κ2) is 5.75. The van der Waals surface area contributed by atoms with E-state index in [4.69, 9.17) is 15.6 Å². The zero-order chi connectivity index (χ0) is 12.0. The molecule has 0 amide bonds. The van der Waals surface area contributed by atoms with Crippen LogP contribution in [-0.4, -0.2) is 23.7 Å². The van der Waals surface area contributed by atoms with Crippen LogP contribution in [0, 0.1) is 0 Å². The predicted octanol–water partition coefficient (Wildman–Crippen LogP) is 0.829. The van der Waals surface area contributed by atoms with Crippen molar-refractivity contribution in [3.8, 4) is 0 Å². The second-order valence-corrected chi connectivity index (χ2v) is 3.28. The van der Waals surface area contributed by atoms with Crippen LogP contribution < -0.4 is 5.73 Å². The fourth-order valence-corrected chi connectivity index (χ4v) is 1.11. The van der Waals surface area contributed by atoms with Crippen molar-refractivity contribution in [3.05, 3.63) is 29.8 Å². The Balaban J connectivity index is 2.34. The summed E-state index contributed by atoms with van der Waals surface area (Å²) < 4.78 is 4.74. The van der Waals surface area contributed by atoms with Crippen molar-refractivity contribution in [1.82, 2.24) is 0 Å². The number of carbonyl (C=O) groups excluding carboxylic acids is 1. The van der Waals surface area contributed by atoms with Crippen LogP contribution >= 0.6 is 0 Å². The molecule has 5 nitrogen and oxygen atoms in total. The number of rotatable bonds is 5. The number of benzene rings is 1. The van der Waals surface area contributed by atoms with E-state index in [9.17, 15) is 9.59 Å². The Morgan fingerprint density at radius 1 is 1.25 bits per heavy atom. The van der Waals surface area contributed by atoms with E-state index in [1.807, 2.05) is 0 Å². The highest BCUT2D eigenvalue weighted by Gasteiger charge is 2.05. The number of hydrogen-bond donors (Lipinski definition) is 2. The number of carboxylic acids is 1. The highest BCUT2D eigenvalue weighted by Crippen LogP contribution is 2.06. The van der Waals surface area contributed by atoms with Crippen molar-refractivity contribution in [2.24, 2.45) is 0 Å². The fourth-order valence-electron chi connectivity index (χ4n) is 1.11. The highest BCUT2D eigenvalue weighted by atomic mass is 16.5. The van der Waals surface area contributed by atoms with Crippen molar-refractivity contribution in [2.75, 3.05) is 12.3 Å². The van der Waals surface area contributed by atoms with Crippen molar-refractivity contribution < 1.29 is 19.4 Å². The smallest absolute Gasteiger partial charge is 0.310 e. The number of hydrogen-bond acceptors (Lipinski definition) is 4. The molecule has 3 N–H and O–H groups in total. The molecule has 0 aliphatic carbocycles. The summed E-state index contributed by atoms with van der Waals surface area (Å²) in [5.74, 6) is -1.42. The van der Waals surface area contributed by atoms with Crippen LogP contribution in [0.4, 0.5) is 5.69 Å².